The summed E-state index contributed by atoms with van der Waals surface area (Å²) in [6.07, 6.45) is 4.59. The average Bonchev–Trinajstić information content (AvgIpc) is 2.77. The second-order valence-corrected chi connectivity index (χ2v) is 7.69. The number of unbranched alkanes of at least 4 members (excludes halogenated alkanes) is 1. The van der Waals surface area contributed by atoms with Crippen LogP contribution < -0.4 is 5.56 Å². The minimum absolute atomic E-state index is 0.0920. The fraction of sp³-hybridized carbons (Fsp3) is 0.346. The molecule has 0 aliphatic rings. The average molecular weight is 400 g/mol. The van der Waals surface area contributed by atoms with Gasteiger partial charge < -0.3 is 0 Å². The third kappa shape index (κ3) is 4.68. The summed E-state index contributed by atoms with van der Waals surface area (Å²) in [4.78, 5) is 18.0. The van der Waals surface area contributed by atoms with Crippen LogP contribution in [0.15, 0.2) is 53.3 Å². The molecule has 0 unspecified atom stereocenters. The quantitative estimate of drug-likeness (QED) is 0.507. The highest BCUT2D eigenvalue weighted by Gasteiger charge is 2.14. The molecule has 0 N–H and O–H groups in total. The number of aryl methyl sites for hydroxylation is 2. The minimum atomic E-state index is 0.0920. The van der Waals surface area contributed by atoms with E-state index in [0.717, 1.165) is 65.9 Å². The summed E-state index contributed by atoms with van der Waals surface area (Å²) in [5.74, 6) is 0.873. The molecule has 0 amide bonds. The molecule has 0 fully saturated rings. The van der Waals surface area contributed by atoms with Crippen molar-refractivity contribution in [2.75, 3.05) is 0 Å². The molecule has 0 saturated carbocycles. The Balaban J connectivity index is 1.96. The molecule has 1 aromatic heterocycles. The van der Waals surface area contributed by atoms with Gasteiger partial charge in [0.25, 0.3) is 5.56 Å². The fourth-order valence-electron chi connectivity index (χ4n) is 3.79. The Labute approximate surface area is 178 Å². The SMILES string of the molecule is CCCCc1nc(C)c(CCC)c(=O)n1Cc1ccc(-c2ccccc2C#N)cc1. The van der Waals surface area contributed by atoms with E-state index in [1.807, 2.05) is 60.0 Å². The number of hydrogen-bond acceptors (Lipinski definition) is 3. The Hall–Kier alpha value is -3.19. The van der Waals surface area contributed by atoms with E-state index in [0.29, 0.717) is 12.1 Å². The monoisotopic (exact) mass is 399 g/mol. The third-order valence-electron chi connectivity index (χ3n) is 5.46. The molecule has 4 nitrogen and oxygen atoms in total. The molecule has 0 spiro atoms. The van der Waals surface area contributed by atoms with Gasteiger partial charge in [-0.05, 0) is 42.5 Å². The van der Waals surface area contributed by atoms with Gasteiger partial charge in [0.15, 0.2) is 0 Å². The maximum atomic E-state index is 13.2. The maximum absolute atomic E-state index is 13.2. The summed E-state index contributed by atoms with van der Waals surface area (Å²) in [7, 11) is 0. The second-order valence-electron chi connectivity index (χ2n) is 7.69. The Morgan fingerprint density at radius 3 is 2.40 bits per heavy atom. The van der Waals surface area contributed by atoms with Gasteiger partial charge in [-0.2, -0.15) is 5.26 Å². The van der Waals surface area contributed by atoms with Crippen LogP contribution in [-0.4, -0.2) is 9.55 Å². The van der Waals surface area contributed by atoms with Crippen molar-refractivity contribution in [2.45, 2.75) is 59.4 Å². The predicted molar refractivity (Wildman–Crippen MR) is 122 cm³/mol. The zero-order chi connectivity index (χ0) is 21.5. The molecule has 1 heterocycles. The molecular formula is C26H29N3O. The largest absolute Gasteiger partial charge is 0.292 e. The van der Waals surface area contributed by atoms with Gasteiger partial charge in [0.2, 0.25) is 0 Å². The van der Waals surface area contributed by atoms with Crippen LogP contribution in [0, 0.1) is 18.3 Å². The summed E-state index contributed by atoms with van der Waals surface area (Å²) in [6.45, 7) is 6.71. The summed E-state index contributed by atoms with van der Waals surface area (Å²) in [5, 5.41) is 9.36. The van der Waals surface area contributed by atoms with E-state index in [1.165, 1.54) is 0 Å². The number of aromatic nitrogens is 2. The van der Waals surface area contributed by atoms with Crippen LogP contribution in [-0.2, 0) is 19.4 Å². The van der Waals surface area contributed by atoms with E-state index in [9.17, 15) is 10.1 Å². The molecule has 3 rings (SSSR count). The molecule has 0 aliphatic carbocycles. The van der Waals surface area contributed by atoms with Crippen molar-refractivity contribution in [1.82, 2.24) is 9.55 Å². The standard InChI is InChI=1S/C26H29N3O/c1-4-6-12-25-28-19(3)23(9-5-2)26(30)29(25)18-20-13-15-21(16-14-20)24-11-8-7-10-22(24)17-27/h7-8,10-11,13-16H,4-6,9,12,18H2,1-3H3. The van der Waals surface area contributed by atoms with E-state index < -0.39 is 0 Å². The van der Waals surface area contributed by atoms with Crippen LogP contribution in [0.5, 0.6) is 0 Å². The van der Waals surface area contributed by atoms with Gasteiger partial charge in [-0.15, -0.1) is 0 Å². The summed E-state index contributed by atoms with van der Waals surface area (Å²) < 4.78 is 1.85. The first-order valence-electron chi connectivity index (χ1n) is 10.8. The van der Waals surface area contributed by atoms with Crippen molar-refractivity contribution in [1.29, 1.82) is 5.26 Å². The van der Waals surface area contributed by atoms with E-state index in [-0.39, 0.29) is 5.56 Å². The van der Waals surface area contributed by atoms with Crippen LogP contribution in [0.1, 0.15) is 61.3 Å². The number of hydrogen-bond donors (Lipinski definition) is 0. The van der Waals surface area contributed by atoms with Crippen molar-refractivity contribution < 1.29 is 0 Å². The van der Waals surface area contributed by atoms with E-state index in [2.05, 4.69) is 19.9 Å². The van der Waals surface area contributed by atoms with Crippen molar-refractivity contribution in [3.8, 4) is 17.2 Å². The lowest BCUT2D eigenvalue weighted by molar-refractivity contribution is 0.621. The minimum Gasteiger partial charge on any atom is -0.292 e. The molecule has 30 heavy (non-hydrogen) atoms. The number of rotatable bonds is 8. The van der Waals surface area contributed by atoms with Gasteiger partial charge in [-0.25, -0.2) is 4.98 Å². The topological polar surface area (TPSA) is 58.7 Å². The first kappa shape index (κ1) is 21.5. The maximum Gasteiger partial charge on any atom is 0.257 e. The molecule has 2 aromatic carbocycles. The normalized spacial score (nSPS) is 10.7. The van der Waals surface area contributed by atoms with Crippen LogP contribution in [0.3, 0.4) is 0 Å². The molecular weight excluding hydrogens is 370 g/mol. The van der Waals surface area contributed by atoms with Crippen LogP contribution in [0.25, 0.3) is 11.1 Å². The highest BCUT2D eigenvalue weighted by molar-refractivity contribution is 5.70. The van der Waals surface area contributed by atoms with Crippen molar-refractivity contribution in [3.63, 3.8) is 0 Å². The molecule has 0 radical (unpaired) electrons. The predicted octanol–water partition coefficient (Wildman–Crippen LogP) is 5.43. The molecule has 0 atom stereocenters. The van der Waals surface area contributed by atoms with Gasteiger partial charge in [0.1, 0.15) is 5.82 Å². The number of nitrogens with zero attached hydrogens (tertiary/aromatic N) is 3. The van der Waals surface area contributed by atoms with E-state index in [4.69, 9.17) is 4.98 Å². The highest BCUT2D eigenvalue weighted by Crippen LogP contribution is 2.23. The Morgan fingerprint density at radius 1 is 1.00 bits per heavy atom. The highest BCUT2D eigenvalue weighted by atomic mass is 16.1. The first-order chi connectivity index (χ1) is 14.6. The van der Waals surface area contributed by atoms with E-state index in [1.54, 1.807) is 0 Å². The summed E-state index contributed by atoms with van der Waals surface area (Å²) in [5.41, 5.74) is 5.44. The van der Waals surface area contributed by atoms with Crippen LogP contribution >= 0.6 is 0 Å². The van der Waals surface area contributed by atoms with Crippen LogP contribution in [0.2, 0.25) is 0 Å². The molecule has 0 bridgehead atoms. The van der Waals surface area contributed by atoms with Crippen molar-refractivity contribution in [3.05, 3.63) is 87.1 Å². The number of nitriles is 1. The van der Waals surface area contributed by atoms with Crippen LogP contribution in [0.4, 0.5) is 0 Å². The smallest absolute Gasteiger partial charge is 0.257 e. The molecule has 0 saturated heterocycles. The van der Waals surface area contributed by atoms with Crippen molar-refractivity contribution >= 4 is 0 Å². The number of benzene rings is 2. The lowest BCUT2D eigenvalue weighted by Crippen LogP contribution is -2.30. The molecule has 3 aromatic rings. The van der Waals surface area contributed by atoms with Gasteiger partial charge in [0.05, 0.1) is 18.2 Å². The van der Waals surface area contributed by atoms with Gasteiger partial charge in [-0.1, -0.05) is 69.2 Å². The lowest BCUT2D eigenvalue weighted by Gasteiger charge is -2.16. The van der Waals surface area contributed by atoms with E-state index >= 15 is 0 Å². The molecule has 154 valence electrons. The fourth-order valence-corrected chi connectivity index (χ4v) is 3.79. The zero-order valence-electron chi connectivity index (χ0n) is 18.1. The zero-order valence-corrected chi connectivity index (χ0v) is 18.1. The Bertz CT molecular complexity index is 1100. The second kappa shape index (κ2) is 10.0. The molecule has 0 aliphatic heterocycles. The van der Waals surface area contributed by atoms with Gasteiger partial charge in [0, 0.05) is 17.7 Å². The Kier molecular flexibility index (Phi) is 7.19. The summed E-state index contributed by atoms with van der Waals surface area (Å²) in [6, 6.07) is 18.0. The first-order valence-corrected chi connectivity index (χ1v) is 10.8. The van der Waals surface area contributed by atoms with Gasteiger partial charge in [-0.3, -0.25) is 9.36 Å². The third-order valence-corrected chi connectivity index (χ3v) is 5.46. The summed E-state index contributed by atoms with van der Waals surface area (Å²) >= 11 is 0. The van der Waals surface area contributed by atoms with Gasteiger partial charge >= 0.3 is 0 Å². The van der Waals surface area contributed by atoms with Crippen molar-refractivity contribution in [2.24, 2.45) is 0 Å². The Morgan fingerprint density at radius 2 is 1.73 bits per heavy atom. The molecule has 4 heteroatoms. The lowest BCUT2D eigenvalue weighted by atomic mass is 9.99.